The third-order valence-electron chi connectivity index (χ3n) is 1.84. The van der Waals surface area contributed by atoms with Crippen molar-refractivity contribution in [2.75, 3.05) is 5.32 Å². The maximum Gasteiger partial charge on any atom is 0.417 e. The molecule has 0 heterocycles. The van der Waals surface area contributed by atoms with Gasteiger partial charge in [0, 0.05) is 0 Å². The lowest BCUT2D eigenvalue weighted by molar-refractivity contribution is -0.138. The molecular formula is C9H7F3N2O3. The molecule has 1 aromatic carbocycles. The standard InChI is InChI=1S/C9H7F3N2O3/c10-9(11,12)4-2-1-3-5(14-8(13)17)6(4)7(15)16/h1-3H,(H,15,16)(H3,13,14,17). The Hall–Kier alpha value is -2.25. The zero-order chi connectivity index (χ0) is 13.2. The Labute approximate surface area is 93.0 Å². The molecule has 5 nitrogen and oxygen atoms in total. The fourth-order valence-corrected chi connectivity index (χ4v) is 1.26. The monoisotopic (exact) mass is 248 g/mol. The number of rotatable bonds is 2. The molecule has 1 aromatic rings. The molecule has 17 heavy (non-hydrogen) atoms. The lowest BCUT2D eigenvalue weighted by Gasteiger charge is -2.13. The Morgan fingerprint density at radius 3 is 2.29 bits per heavy atom. The number of amides is 2. The molecule has 0 aliphatic carbocycles. The van der Waals surface area contributed by atoms with Gasteiger partial charge in [-0.05, 0) is 12.1 Å². The van der Waals surface area contributed by atoms with E-state index in [1.807, 2.05) is 5.32 Å². The first kappa shape index (κ1) is 12.8. The molecule has 1 rings (SSSR count). The molecule has 8 heteroatoms. The number of nitrogens with two attached hydrogens (primary N) is 1. The summed E-state index contributed by atoms with van der Waals surface area (Å²) in [5, 5.41) is 10.6. The van der Waals surface area contributed by atoms with Crippen LogP contribution >= 0.6 is 0 Å². The number of alkyl halides is 3. The summed E-state index contributed by atoms with van der Waals surface area (Å²) in [6.45, 7) is 0. The van der Waals surface area contributed by atoms with Gasteiger partial charge in [0.05, 0.1) is 16.8 Å². The molecule has 0 unspecified atom stereocenters. The van der Waals surface area contributed by atoms with Crippen LogP contribution in [-0.2, 0) is 6.18 Å². The number of urea groups is 1. The second-order valence-electron chi connectivity index (χ2n) is 3.02. The number of nitrogens with one attached hydrogen (secondary N) is 1. The van der Waals surface area contributed by atoms with Crippen molar-refractivity contribution in [3.8, 4) is 0 Å². The molecule has 0 fully saturated rings. The molecule has 0 saturated carbocycles. The number of anilines is 1. The predicted molar refractivity (Wildman–Crippen MR) is 51.6 cm³/mol. The number of benzene rings is 1. The number of carboxylic acids is 1. The highest BCUT2D eigenvalue weighted by atomic mass is 19.4. The number of carbonyl (C=O) groups excluding carboxylic acids is 1. The quantitative estimate of drug-likeness (QED) is 0.746. The van der Waals surface area contributed by atoms with E-state index in [2.05, 4.69) is 0 Å². The smallest absolute Gasteiger partial charge is 0.417 e. The highest BCUT2D eigenvalue weighted by molar-refractivity contribution is 6.00. The molecule has 2 amide bonds. The van der Waals surface area contributed by atoms with Gasteiger partial charge in [0.2, 0.25) is 0 Å². The zero-order valence-electron chi connectivity index (χ0n) is 8.21. The van der Waals surface area contributed by atoms with Crippen LogP contribution in [0.2, 0.25) is 0 Å². The van der Waals surface area contributed by atoms with Gasteiger partial charge in [-0.2, -0.15) is 13.2 Å². The third-order valence-corrected chi connectivity index (χ3v) is 1.84. The minimum absolute atomic E-state index is 0.500. The molecule has 0 radical (unpaired) electrons. The number of halogens is 3. The minimum Gasteiger partial charge on any atom is -0.478 e. The van der Waals surface area contributed by atoms with Crippen LogP contribution in [-0.4, -0.2) is 17.1 Å². The number of aromatic carboxylic acids is 1. The van der Waals surface area contributed by atoms with Crippen LogP contribution < -0.4 is 11.1 Å². The van der Waals surface area contributed by atoms with Gasteiger partial charge in [0.25, 0.3) is 0 Å². The summed E-state index contributed by atoms with van der Waals surface area (Å²) in [5.74, 6) is -1.80. The van der Waals surface area contributed by atoms with Crippen molar-refractivity contribution in [2.45, 2.75) is 6.18 Å². The number of hydrogen-bond acceptors (Lipinski definition) is 2. The van der Waals surface area contributed by atoms with Gasteiger partial charge < -0.3 is 16.2 Å². The van der Waals surface area contributed by atoms with Crippen molar-refractivity contribution in [3.05, 3.63) is 29.3 Å². The first-order valence-corrected chi connectivity index (χ1v) is 4.23. The van der Waals surface area contributed by atoms with Crippen molar-refractivity contribution < 1.29 is 27.9 Å². The number of hydrogen-bond donors (Lipinski definition) is 3. The van der Waals surface area contributed by atoms with Crippen molar-refractivity contribution >= 4 is 17.7 Å². The number of carboxylic acid groups (broad SMARTS) is 1. The maximum atomic E-state index is 12.5. The molecule has 0 aliphatic rings. The summed E-state index contributed by atoms with van der Waals surface area (Å²) in [6, 6.07) is 1.45. The molecule has 0 saturated heterocycles. The topological polar surface area (TPSA) is 92.4 Å². The van der Waals surface area contributed by atoms with Crippen LogP contribution in [0, 0.1) is 0 Å². The van der Waals surface area contributed by atoms with Crippen LogP contribution in [0.5, 0.6) is 0 Å². The van der Waals surface area contributed by atoms with Crippen LogP contribution in [0.4, 0.5) is 23.7 Å². The molecular weight excluding hydrogens is 241 g/mol. The van der Waals surface area contributed by atoms with Gasteiger partial charge in [-0.15, -0.1) is 0 Å². The van der Waals surface area contributed by atoms with Crippen molar-refractivity contribution in [1.82, 2.24) is 0 Å². The molecule has 0 aromatic heterocycles. The summed E-state index contributed by atoms with van der Waals surface area (Å²) in [7, 11) is 0. The van der Waals surface area contributed by atoms with E-state index in [0.29, 0.717) is 6.07 Å². The Balaban J connectivity index is 3.43. The van der Waals surface area contributed by atoms with Gasteiger partial charge in [-0.3, -0.25) is 0 Å². The fourth-order valence-electron chi connectivity index (χ4n) is 1.26. The van der Waals surface area contributed by atoms with Crippen molar-refractivity contribution in [1.29, 1.82) is 0 Å². The highest BCUT2D eigenvalue weighted by Gasteiger charge is 2.36. The van der Waals surface area contributed by atoms with E-state index in [9.17, 15) is 22.8 Å². The van der Waals surface area contributed by atoms with E-state index in [1.54, 1.807) is 0 Å². The lowest BCUT2D eigenvalue weighted by atomic mass is 10.0. The molecule has 92 valence electrons. The van der Waals surface area contributed by atoms with E-state index in [4.69, 9.17) is 10.8 Å². The second-order valence-corrected chi connectivity index (χ2v) is 3.02. The normalized spacial score (nSPS) is 11.0. The van der Waals surface area contributed by atoms with Gasteiger partial charge in [-0.1, -0.05) is 6.07 Å². The van der Waals surface area contributed by atoms with Crippen LogP contribution in [0.3, 0.4) is 0 Å². The van der Waals surface area contributed by atoms with Crippen molar-refractivity contribution in [2.24, 2.45) is 5.73 Å². The van der Waals surface area contributed by atoms with E-state index >= 15 is 0 Å². The maximum absolute atomic E-state index is 12.5. The summed E-state index contributed by atoms with van der Waals surface area (Å²) in [6.07, 6.45) is -4.83. The second kappa shape index (κ2) is 4.32. The molecule has 0 bridgehead atoms. The van der Waals surface area contributed by atoms with E-state index in [0.717, 1.165) is 12.1 Å². The summed E-state index contributed by atoms with van der Waals surface area (Å²) in [5.41, 5.74) is 1.83. The summed E-state index contributed by atoms with van der Waals surface area (Å²) in [4.78, 5) is 21.3. The average molecular weight is 248 g/mol. The van der Waals surface area contributed by atoms with Gasteiger partial charge in [0.1, 0.15) is 0 Å². The molecule has 0 spiro atoms. The SMILES string of the molecule is NC(=O)Nc1cccc(C(F)(F)F)c1C(=O)O. The Morgan fingerprint density at radius 2 is 1.88 bits per heavy atom. The third kappa shape index (κ3) is 2.86. The van der Waals surface area contributed by atoms with Crippen LogP contribution in [0.1, 0.15) is 15.9 Å². The Bertz CT molecular complexity index is 471. The van der Waals surface area contributed by atoms with Gasteiger partial charge in [-0.25, -0.2) is 9.59 Å². The molecule has 0 atom stereocenters. The lowest BCUT2D eigenvalue weighted by Crippen LogP contribution is -2.23. The molecule has 0 aliphatic heterocycles. The first-order chi connectivity index (χ1) is 7.73. The Kier molecular flexibility index (Phi) is 3.26. The predicted octanol–water partition coefficient (Wildman–Crippen LogP) is 1.89. The first-order valence-electron chi connectivity index (χ1n) is 4.23. The van der Waals surface area contributed by atoms with E-state index < -0.39 is 35.0 Å². The van der Waals surface area contributed by atoms with Gasteiger partial charge in [0.15, 0.2) is 0 Å². The minimum atomic E-state index is -4.83. The average Bonchev–Trinajstić information content (AvgIpc) is 2.14. The van der Waals surface area contributed by atoms with Crippen molar-refractivity contribution in [3.63, 3.8) is 0 Å². The molecule has 4 N–H and O–H groups in total. The summed E-state index contributed by atoms with van der Waals surface area (Å²) < 4.78 is 37.6. The number of primary amides is 1. The van der Waals surface area contributed by atoms with Crippen LogP contribution in [0.15, 0.2) is 18.2 Å². The largest absolute Gasteiger partial charge is 0.478 e. The van der Waals surface area contributed by atoms with E-state index in [-0.39, 0.29) is 0 Å². The Morgan fingerprint density at radius 1 is 1.29 bits per heavy atom. The van der Waals surface area contributed by atoms with E-state index in [1.165, 1.54) is 0 Å². The highest BCUT2D eigenvalue weighted by Crippen LogP contribution is 2.35. The van der Waals surface area contributed by atoms with Crippen LogP contribution in [0.25, 0.3) is 0 Å². The van der Waals surface area contributed by atoms with Gasteiger partial charge >= 0.3 is 18.2 Å². The number of carbonyl (C=O) groups is 2. The summed E-state index contributed by atoms with van der Waals surface area (Å²) >= 11 is 0. The zero-order valence-corrected chi connectivity index (χ0v) is 8.21. The fraction of sp³-hybridized carbons (Fsp3) is 0.111.